The van der Waals surface area contributed by atoms with Crippen molar-refractivity contribution in [3.05, 3.63) is 23.8 Å². The molecule has 6 heteroatoms. The summed E-state index contributed by atoms with van der Waals surface area (Å²) < 4.78 is 0. The molecule has 0 aliphatic carbocycles. The maximum atomic E-state index is 9.95. The van der Waals surface area contributed by atoms with Crippen molar-refractivity contribution in [2.75, 3.05) is 32.8 Å². The van der Waals surface area contributed by atoms with Crippen LogP contribution in [0.2, 0.25) is 0 Å². The molecule has 1 aromatic carbocycles. The van der Waals surface area contributed by atoms with E-state index in [-0.39, 0.29) is 36.6 Å². The quantitative estimate of drug-likeness (QED) is 0.618. The number of phenols is 2. The van der Waals surface area contributed by atoms with Gasteiger partial charge in [-0.3, -0.25) is 4.90 Å². The summed E-state index contributed by atoms with van der Waals surface area (Å²) in [5, 5.41) is 32.0. The van der Waals surface area contributed by atoms with Crippen LogP contribution in [0.4, 0.5) is 0 Å². The van der Waals surface area contributed by atoms with Crippen LogP contribution >= 0.6 is 12.4 Å². The minimum absolute atomic E-state index is 0. The summed E-state index contributed by atoms with van der Waals surface area (Å²) >= 11 is 0. The van der Waals surface area contributed by atoms with E-state index < -0.39 is 0 Å². The highest BCUT2D eigenvalue weighted by Crippen LogP contribution is 2.36. The average molecular weight is 289 g/mol. The Bertz CT molecular complexity index is 397. The number of benzene rings is 1. The Kier molecular flexibility index (Phi) is 6.37. The van der Waals surface area contributed by atoms with E-state index in [1.54, 1.807) is 12.1 Å². The standard InChI is InChI=1S/C13H20N2O3.ClH/c16-9-4-11(15-7-5-14-6-8-15)10-2-1-3-12(17)13(10)18;/h1-3,11,14,16-18H,4-9H2;1H/t11-;/m1./s1. The third-order valence-electron chi connectivity index (χ3n) is 3.40. The van der Waals surface area contributed by atoms with E-state index in [1.807, 2.05) is 0 Å². The Morgan fingerprint density at radius 3 is 2.53 bits per heavy atom. The lowest BCUT2D eigenvalue weighted by Gasteiger charge is -2.35. The molecule has 1 heterocycles. The summed E-state index contributed by atoms with van der Waals surface area (Å²) in [5.41, 5.74) is 0.686. The van der Waals surface area contributed by atoms with Gasteiger partial charge in [0.05, 0.1) is 0 Å². The summed E-state index contributed by atoms with van der Waals surface area (Å²) in [6.45, 7) is 3.62. The molecule has 0 saturated carbocycles. The van der Waals surface area contributed by atoms with Crippen molar-refractivity contribution in [3.8, 4) is 11.5 Å². The van der Waals surface area contributed by atoms with Gasteiger partial charge in [0, 0.05) is 44.4 Å². The first kappa shape index (κ1) is 16.0. The lowest BCUT2D eigenvalue weighted by Crippen LogP contribution is -2.45. The molecule has 0 amide bonds. The van der Waals surface area contributed by atoms with Gasteiger partial charge in [-0.25, -0.2) is 0 Å². The van der Waals surface area contributed by atoms with E-state index in [0.29, 0.717) is 12.0 Å². The second-order valence-electron chi connectivity index (χ2n) is 4.53. The van der Waals surface area contributed by atoms with E-state index in [2.05, 4.69) is 10.2 Å². The maximum Gasteiger partial charge on any atom is 0.162 e. The van der Waals surface area contributed by atoms with Crippen LogP contribution in [-0.4, -0.2) is 53.0 Å². The zero-order valence-electron chi connectivity index (χ0n) is 10.7. The Labute approximate surface area is 119 Å². The Morgan fingerprint density at radius 1 is 1.21 bits per heavy atom. The number of aromatic hydroxyl groups is 2. The van der Waals surface area contributed by atoms with Crippen molar-refractivity contribution in [1.29, 1.82) is 0 Å². The van der Waals surface area contributed by atoms with Gasteiger partial charge in [0.1, 0.15) is 0 Å². The lowest BCUT2D eigenvalue weighted by atomic mass is 10.00. The number of nitrogens with one attached hydrogen (secondary N) is 1. The fourth-order valence-corrected chi connectivity index (χ4v) is 2.47. The van der Waals surface area contributed by atoms with Crippen LogP contribution in [-0.2, 0) is 0 Å². The average Bonchev–Trinajstić information content (AvgIpc) is 2.41. The molecule has 19 heavy (non-hydrogen) atoms. The summed E-state index contributed by atoms with van der Waals surface area (Å²) in [5.74, 6) is -0.181. The van der Waals surface area contributed by atoms with Crippen molar-refractivity contribution >= 4 is 12.4 Å². The number of halogens is 1. The summed E-state index contributed by atoms with van der Waals surface area (Å²) in [6, 6.07) is 4.94. The number of rotatable bonds is 4. The van der Waals surface area contributed by atoms with E-state index in [0.717, 1.165) is 26.2 Å². The van der Waals surface area contributed by atoms with Gasteiger partial charge in [-0.1, -0.05) is 12.1 Å². The van der Waals surface area contributed by atoms with Gasteiger partial charge in [-0.05, 0) is 12.5 Å². The Hall–Kier alpha value is -1.01. The van der Waals surface area contributed by atoms with Crippen molar-refractivity contribution in [2.45, 2.75) is 12.5 Å². The normalized spacial score (nSPS) is 17.7. The number of aliphatic hydroxyl groups excluding tert-OH is 1. The van der Waals surface area contributed by atoms with Gasteiger partial charge in [-0.15, -0.1) is 12.4 Å². The number of hydrogen-bond acceptors (Lipinski definition) is 5. The van der Waals surface area contributed by atoms with Crippen molar-refractivity contribution in [2.24, 2.45) is 0 Å². The molecule has 0 unspecified atom stereocenters. The largest absolute Gasteiger partial charge is 0.504 e. The molecule has 5 nitrogen and oxygen atoms in total. The predicted octanol–water partition coefficient (Wildman–Crippen LogP) is 0.848. The van der Waals surface area contributed by atoms with Gasteiger partial charge in [0.15, 0.2) is 11.5 Å². The van der Waals surface area contributed by atoms with E-state index in [9.17, 15) is 15.3 Å². The number of aliphatic hydroxyl groups is 1. The molecule has 108 valence electrons. The van der Waals surface area contributed by atoms with Crippen LogP contribution in [0.3, 0.4) is 0 Å². The first-order valence-corrected chi connectivity index (χ1v) is 6.30. The highest BCUT2D eigenvalue weighted by Gasteiger charge is 2.24. The minimum Gasteiger partial charge on any atom is -0.504 e. The molecule has 0 spiro atoms. The number of piperazine rings is 1. The van der Waals surface area contributed by atoms with Crippen molar-refractivity contribution < 1.29 is 15.3 Å². The van der Waals surface area contributed by atoms with Crippen LogP contribution in [0.25, 0.3) is 0 Å². The van der Waals surface area contributed by atoms with E-state index >= 15 is 0 Å². The second kappa shape index (κ2) is 7.55. The SMILES string of the molecule is Cl.OCC[C@H](c1cccc(O)c1O)N1CCNCC1. The molecule has 1 saturated heterocycles. The molecule has 0 aromatic heterocycles. The number of para-hydroxylation sites is 1. The van der Waals surface area contributed by atoms with Crippen LogP contribution in [0.15, 0.2) is 18.2 Å². The molecule has 0 radical (unpaired) electrons. The van der Waals surface area contributed by atoms with E-state index in [1.165, 1.54) is 6.07 Å². The topological polar surface area (TPSA) is 76.0 Å². The summed E-state index contributed by atoms with van der Waals surface area (Å²) in [4.78, 5) is 2.22. The van der Waals surface area contributed by atoms with Gasteiger partial charge in [0.2, 0.25) is 0 Å². The molecule has 1 aliphatic heterocycles. The molecule has 2 rings (SSSR count). The van der Waals surface area contributed by atoms with Crippen LogP contribution < -0.4 is 5.32 Å². The molecule has 0 bridgehead atoms. The summed E-state index contributed by atoms with van der Waals surface area (Å²) in [6.07, 6.45) is 0.553. The number of phenolic OH excluding ortho intramolecular Hbond substituents is 2. The van der Waals surface area contributed by atoms with Gasteiger partial charge < -0.3 is 20.6 Å². The first-order chi connectivity index (χ1) is 8.74. The first-order valence-electron chi connectivity index (χ1n) is 6.30. The van der Waals surface area contributed by atoms with Gasteiger partial charge in [0.25, 0.3) is 0 Å². The molecule has 1 atom stereocenters. The zero-order valence-corrected chi connectivity index (χ0v) is 11.6. The zero-order chi connectivity index (χ0) is 13.0. The van der Waals surface area contributed by atoms with Crippen LogP contribution in [0.1, 0.15) is 18.0 Å². The molecular formula is C13H21ClN2O3. The highest BCUT2D eigenvalue weighted by molar-refractivity contribution is 5.85. The third-order valence-corrected chi connectivity index (χ3v) is 3.40. The number of hydrogen-bond donors (Lipinski definition) is 4. The minimum atomic E-state index is -0.106. The summed E-state index contributed by atoms with van der Waals surface area (Å²) in [7, 11) is 0. The molecule has 1 aromatic rings. The monoisotopic (exact) mass is 288 g/mol. The molecular weight excluding hydrogens is 268 g/mol. The third kappa shape index (κ3) is 3.73. The Morgan fingerprint density at radius 2 is 1.89 bits per heavy atom. The predicted molar refractivity (Wildman–Crippen MR) is 75.9 cm³/mol. The fraction of sp³-hybridized carbons (Fsp3) is 0.538. The van der Waals surface area contributed by atoms with E-state index in [4.69, 9.17) is 0 Å². The Balaban J connectivity index is 0.00000180. The molecule has 1 fully saturated rings. The molecule has 4 N–H and O–H groups in total. The number of nitrogens with zero attached hydrogens (tertiary/aromatic N) is 1. The fourth-order valence-electron chi connectivity index (χ4n) is 2.47. The second-order valence-corrected chi connectivity index (χ2v) is 4.53. The van der Waals surface area contributed by atoms with Gasteiger partial charge in [-0.2, -0.15) is 0 Å². The van der Waals surface area contributed by atoms with Gasteiger partial charge >= 0.3 is 0 Å². The van der Waals surface area contributed by atoms with Crippen LogP contribution in [0, 0.1) is 0 Å². The van der Waals surface area contributed by atoms with Crippen molar-refractivity contribution in [3.63, 3.8) is 0 Å². The lowest BCUT2D eigenvalue weighted by molar-refractivity contribution is 0.138. The molecule has 1 aliphatic rings. The van der Waals surface area contributed by atoms with Crippen LogP contribution in [0.5, 0.6) is 11.5 Å². The maximum absolute atomic E-state index is 9.95. The smallest absolute Gasteiger partial charge is 0.162 e. The highest BCUT2D eigenvalue weighted by atomic mass is 35.5. The van der Waals surface area contributed by atoms with Crippen molar-refractivity contribution in [1.82, 2.24) is 10.2 Å².